The maximum Gasteiger partial charge on any atom is 0.150 e. The van der Waals surface area contributed by atoms with Crippen LogP contribution >= 0.6 is 11.6 Å². The van der Waals surface area contributed by atoms with E-state index in [4.69, 9.17) is 11.6 Å². The zero-order valence-corrected chi connectivity index (χ0v) is 16.3. The molecule has 0 N–H and O–H groups in total. The van der Waals surface area contributed by atoms with Crippen molar-refractivity contribution in [2.24, 2.45) is 0 Å². The van der Waals surface area contributed by atoms with Gasteiger partial charge < -0.3 is 9.47 Å². The van der Waals surface area contributed by atoms with Crippen molar-refractivity contribution in [3.63, 3.8) is 0 Å². The summed E-state index contributed by atoms with van der Waals surface area (Å²) in [5.74, 6) is 1.61. The van der Waals surface area contributed by atoms with Gasteiger partial charge in [0.15, 0.2) is 0 Å². The summed E-state index contributed by atoms with van der Waals surface area (Å²) < 4.78 is 25.5. The lowest BCUT2D eigenvalue weighted by Crippen LogP contribution is -2.45. The van der Waals surface area contributed by atoms with Crippen LogP contribution in [0.3, 0.4) is 0 Å². The molecule has 26 heavy (non-hydrogen) atoms. The molecule has 0 unspecified atom stereocenters. The Balaban J connectivity index is 1.43. The molecule has 0 radical (unpaired) electrons. The van der Waals surface area contributed by atoms with Crippen LogP contribution in [0.4, 0.5) is 0 Å². The van der Waals surface area contributed by atoms with Gasteiger partial charge in [0.05, 0.1) is 16.5 Å². The number of likely N-dealkylation sites (tertiary alicyclic amines) is 1. The molecule has 0 bridgehead atoms. The van der Waals surface area contributed by atoms with Crippen molar-refractivity contribution in [3.05, 3.63) is 41.7 Å². The maximum atomic E-state index is 11.6. The molecular formula is C19H24ClN3O2S. The van der Waals surface area contributed by atoms with Crippen LogP contribution in [-0.2, 0) is 9.84 Å². The molecule has 3 heterocycles. The Hall–Kier alpha value is -1.37. The van der Waals surface area contributed by atoms with Crippen molar-refractivity contribution in [1.29, 1.82) is 0 Å². The average molecular weight is 394 g/mol. The highest BCUT2D eigenvalue weighted by atomic mass is 35.5. The predicted molar refractivity (Wildman–Crippen MR) is 104 cm³/mol. The third-order valence-electron chi connectivity index (χ3n) is 5.72. The van der Waals surface area contributed by atoms with Gasteiger partial charge in [0.25, 0.3) is 0 Å². The molecule has 7 heteroatoms. The van der Waals surface area contributed by atoms with Crippen LogP contribution in [0.15, 0.2) is 36.7 Å². The third kappa shape index (κ3) is 3.68. The number of benzene rings is 1. The summed E-state index contributed by atoms with van der Waals surface area (Å²) in [6.07, 6.45) is 7.56. The van der Waals surface area contributed by atoms with Gasteiger partial charge in [0.1, 0.15) is 15.7 Å². The minimum absolute atomic E-state index is 0.343. The first-order valence-electron chi connectivity index (χ1n) is 9.26. The van der Waals surface area contributed by atoms with Gasteiger partial charge in [-0.2, -0.15) is 0 Å². The Kier molecular flexibility index (Phi) is 5.08. The molecule has 1 aromatic heterocycles. The zero-order chi connectivity index (χ0) is 18.1. The number of hydrogen-bond donors (Lipinski definition) is 0. The standard InChI is InChI=1S/C19H24ClN3O2S/c20-18-4-2-1-3-17(18)19-21-9-12-23(19)16-5-10-22(11-6-16)15-7-13-26(24,25)14-8-15/h1-4,9,12,15-16H,5-8,10-11,13-14H2. The lowest BCUT2D eigenvalue weighted by atomic mass is 10.00. The average Bonchev–Trinajstić information content (AvgIpc) is 3.12. The molecule has 0 atom stereocenters. The predicted octanol–water partition coefficient (Wildman–Crippen LogP) is 3.42. The first kappa shape index (κ1) is 18.0. The smallest absolute Gasteiger partial charge is 0.150 e. The molecule has 4 rings (SSSR count). The van der Waals surface area contributed by atoms with Gasteiger partial charge >= 0.3 is 0 Å². The zero-order valence-electron chi connectivity index (χ0n) is 14.7. The van der Waals surface area contributed by atoms with Crippen molar-refractivity contribution in [2.75, 3.05) is 24.6 Å². The molecule has 0 spiro atoms. The molecule has 2 aromatic rings. The van der Waals surface area contributed by atoms with E-state index in [1.807, 2.05) is 36.7 Å². The Morgan fingerprint density at radius 1 is 1.00 bits per heavy atom. The number of halogens is 1. The van der Waals surface area contributed by atoms with Gasteiger partial charge in [0.2, 0.25) is 0 Å². The lowest BCUT2D eigenvalue weighted by molar-refractivity contribution is 0.127. The van der Waals surface area contributed by atoms with Gasteiger partial charge in [0, 0.05) is 43.1 Å². The fourth-order valence-corrected chi connectivity index (χ4v) is 5.92. The molecule has 140 valence electrons. The van der Waals surface area contributed by atoms with Crippen molar-refractivity contribution in [3.8, 4) is 11.4 Å². The van der Waals surface area contributed by atoms with Gasteiger partial charge in [-0.1, -0.05) is 23.7 Å². The Morgan fingerprint density at radius 3 is 2.38 bits per heavy atom. The molecule has 5 nitrogen and oxygen atoms in total. The Morgan fingerprint density at radius 2 is 1.69 bits per heavy atom. The molecule has 1 aromatic carbocycles. The van der Waals surface area contributed by atoms with Crippen molar-refractivity contribution >= 4 is 21.4 Å². The van der Waals surface area contributed by atoms with E-state index < -0.39 is 9.84 Å². The monoisotopic (exact) mass is 393 g/mol. The summed E-state index contributed by atoms with van der Waals surface area (Å²) >= 11 is 6.36. The summed E-state index contributed by atoms with van der Waals surface area (Å²) in [5.41, 5.74) is 0.971. The van der Waals surface area contributed by atoms with E-state index >= 15 is 0 Å². The van der Waals surface area contributed by atoms with Crippen molar-refractivity contribution < 1.29 is 8.42 Å². The largest absolute Gasteiger partial charge is 0.328 e. The molecule has 2 aliphatic rings. The fraction of sp³-hybridized carbons (Fsp3) is 0.526. The molecule has 2 aliphatic heterocycles. The molecular weight excluding hydrogens is 370 g/mol. The topological polar surface area (TPSA) is 55.2 Å². The first-order valence-corrected chi connectivity index (χ1v) is 11.5. The molecule has 2 saturated heterocycles. The van der Waals surface area contributed by atoms with Crippen LogP contribution in [0.25, 0.3) is 11.4 Å². The lowest BCUT2D eigenvalue weighted by Gasteiger charge is -2.39. The van der Waals surface area contributed by atoms with E-state index in [2.05, 4.69) is 14.5 Å². The van der Waals surface area contributed by atoms with Crippen molar-refractivity contribution in [2.45, 2.75) is 37.8 Å². The van der Waals surface area contributed by atoms with E-state index in [0.29, 0.717) is 23.6 Å². The number of aromatic nitrogens is 2. The quantitative estimate of drug-likeness (QED) is 0.801. The van der Waals surface area contributed by atoms with Gasteiger partial charge in [-0.05, 0) is 37.8 Å². The van der Waals surface area contributed by atoms with Crippen LogP contribution in [-0.4, -0.2) is 53.5 Å². The van der Waals surface area contributed by atoms with E-state index in [0.717, 1.165) is 55.2 Å². The van der Waals surface area contributed by atoms with Gasteiger partial charge in [-0.15, -0.1) is 0 Å². The fourth-order valence-electron chi connectivity index (χ4n) is 4.23. The second kappa shape index (κ2) is 7.33. The number of nitrogens with zero attached hydrogens (tertiary/aromatic N) is 3. The molecule has 0 aliphatic carbocycles. The highest BCUT2D eigenvalue weighted by Gasteiger charge is 2.31. The second-order valence-corrected chi connectivity index (χ2v) is 10.00. The summed E-state index contributed by atoms with van der Waals surface area (Å²) in [6, 6.07) is 8.66. The van der Waals surface area contributed by atoms with E-state index in [9.17, 15) is 8.42 Å². The summed E-state index contributed by atoms with van der Waals surface area (Å²) in [7, 11) is -2.79. The van der Waals surface area contributed by atoms with Crippen LogP contribution in [0.2, 0.25) is 5.02 Å². The summed E-state index contributed by atoms with van der Waals surface area (Å²) in [5, 5.41) is 0.723. The van der Waals surface area contributed by atoms with E-state index in [-0.39, 0.29) is 0 Å². The van der Waals surface area contributed by atoms with Gasteiger partial charge in [-0.3, -0.25) is 0 Å². The SMILES string of the molecule is O=S1(=O)CCC(N2CCC(n3ccnc3-c3ccccc3Cl)CC2)CC1. The normalized spacial score (nSPS) is 22.5. The Bertz CT molecular complexity index is 858. The van der Waals surface area contributed by atoms with E-state index in [1.165, 1.54) is 0 Å². The van der Waals surface area contributed by atoms with Crippen LogP contribution in [0, 0.1) is 0 Å². The number of imidazole rings is 1. The summed E-state index contributed by atoms with van der Waals surface area (Å²) in [4.78, 5) is 7.03. The minimum Gasteiger partial charge on any atom is -0.328 e. The highest BCUT2D eigenvalue weighted by Crippen LogP contribution is 2.33. The second-order valence-electron chi connectivity index (χ2n) is 7.29. The number of hydrogen-bond acceptors (Lipinski definition) is 4. The van der Waals surface area contributed by atoms with Gasteiger partial charge in [-0.25, -0.2) is 13.4 Å². The van der Waals surface area contributed by atoms with E-state index in [1.54, 1.807) is 0 Å². The number of piperidine rings is 1. The van der Waals surface area contributed by atoms with Crippen LogP contribution in [0.5, 0.6) is 0 Å². The Labute approximate surface area is 159 Å². The number of rotatable bonds is 3. The first-order chi connectivity index (χ1) is 12.5. The molecule has 0 amide bonds. The number of sulfone groups is 1. The molecule has 2 fully saturated rings. The third-order valence-corrected chi connectivity index (χ3v) is 7.76. The van der Waals surface area contributed by atoms with Crippen molar-refractivity contribution in [1.82, 2.24) is 14.5 Å². The van der Waals surface area contributed by atoms with Crippen LogP contribution in [0.1, 0.15) is 31.7 Å². The maximum absolute atomic E-state index is 11.6. The van der Waals surface area contributed by atoms with Crippen LogP contribution < -0.4 is 0 Å². The minimum atomic E-state index is -2.79. The molecule has 0 saturated carbocycles. The summed E-state index contributed by atoms with van der Waals surface area (Å²) in [6.45, 7) is 2.02. The highest BCUT2D eigenvalue weighted by molar-refractivity contribution is 7.91.